The number of ether oxygens (including phenoxy) is 1. The van der Waals surface area contributed by atoms with Gasteiger partial charge in [0.15, 0.2) is 0 Å². The molecule has 1 amide bonds. The molecule has 32 heavy (non-hydrogen) atoms. The molecule has 1 atom stereocenters. The third-order valence-electron chi connectivity index (χ3n) is 6.78. The molecule has 1 aromatic heterocycles. The van der Waals surface area contributed by atoms with E-state index in [0.717, 1.165) is 69.6 Å². The predicted molar refractivity (Wildman–Crippen MR) is 122 cm³/mol. The minimum absolute atomic E-state index is 0.0454. The van der Waals surface area contributed by atoms with E-state index in [1.165, 1.54) is 6.07 Å². The van der Waals surface area contributed by atoms with Gasteiger partial charge in [0.1, 0.15) is 11.5 Å². The number of carbonyl (C=O) groups excluding carboxylic acids is 1. The molecule has 2 saturated heterocycles. The van der Waals surface area contributed by atoms with E-state index in [9.17, 15) is 9.18 Å². The Morgan fingerprint density at radius 1 is 1.22 bits per heavy atom. The van der Waals surface area contributed by atoms with E-state index in [0.29, 0.717) is 24.7 Å². The number of aromatic nitrogens is 2. The SMILES string of the molecule is CCc1cc(C(=O)N(CC2CCN(Cc3ccccc3F)CC2)CC2CCCO2)n(C)n1. The van der Waals surface area contributed by atoms with Crippen LogP contribution in [0.4, 0.5) is 4.39 Å². The Hall–Kier alpha value is -2.25. The van der Waals surface area contributed by atoms with Crippen LogP contribution in [-0.2, 0) is 24.8 Å². The minimum Gasteiger partial charge on any atom is -0.376 e. The van der Waals surface area contributed by atoms with Gasteiger partial charge in [-0.1, -0.05) is 25.1 Å². The topological polar surface area (TPSA) is 50.6 Å². The highest BCUT2D eigenvalue weighted by Gasteiger charge is 2.29. The van der Waals surface area contributed by atoms with Crippen LogP contribution in [0.1, 0.15) is 54.4 Å². The van der Waals surface area contributed by atoms with Gasteiger partial charge >= 0.3 is 0 Å². The molecule has 2 aliphatic heterocycles. The lowest BCUT2D eigenvalue weighted by Gasteiger charge is -2.35. The van der Waals surface area contributed by atoms with Crippen LogP contribution >= 0.6 is 0 Å². The second-order valence-corrected chi connectivity index (χ2v) is 9.15. The predicted octanol–water partition coefficient (Wildman–Crippen LogP) is 3.66. The minimum atomic E-state index is -0.134. The Bertz CT molecular complexity index is 901. The third kappa shape index (κ3) is 5.56. The summed E-state index contributed by atoms with van der Waals surface area (Å²) in [5.41, 5.74) is 2.34. The Labute approximate surface area is 190 Å². The normalized spacial score (nSPS) is 20.0. The average Bonchev–Trinajstić information content (AvgIpc) is 3.45. The standard InChI is InChI=1S/C25H35FN4O2/c1-3-21-15-24(28(2)27-21)25(31)30(18-22-8-6-14-32-22)16-19-10-12-29(13-11-19)17-20-7-4-5-9-23(20)26/h4-5,7,9,15,19,22H,3,6,8,10-14,16-18H2,1-2H3. The number of hydrogen-bond donors (Lipinski definition) is 0. The van der Waals surface area contributed by atoms with Crippen LogP contribution in [0.3, 0.4) is 0 Å². The van der Waals surface area contributed by atoms with E-state index in [1.54, 1.807) is 10.7 Å². The second-order valence-electron chi connectivity index (χ2n) is 9.15. The molecule has 0 radical (unpaired) electrons. The Balaban J connectivity index is 1.38. The van der Waals surface area contributed by atoms with Crippen LogP contribution in [0.5, 0.6) is 0 Å². The number of likely N-dealkylation sites (tertiary alicyclic amines) is 1. The first-order valence-electron chi connectivity index (χ1n) is 11.9. The van der Waals surface area contributed by atoms with E-state index >= 15 is 0 Å². The maximum atomic E-state index is 14.0. The molecule has 2 fully saturated rings. The molecular formula is C25H35FN4O2. The first-order valence-corrected chi connectivity index (χ1v) is 11.9. The van der Waals surface area contributed by atoms with Gasteiger partial charge in [-0.05, 0) is 63.2 Å². The Morgan fingerprint density at radius 3 is 2.66 bits per heavy atom. The zero-order chi connectivity index (χ0) is 22.5. The lowest BCUT2D eigenvalue weighted by molar-refractivity contribution is 0.0436. The molecule has 4 rings (SSSR count). The Kier molecular flexibility index (Phi) is 7.58. The highest BCUT2D eigenvalue weighted by molar-refractivity contribution is 5.92. The number of halogens is 1. The van der Waals surface area contributed by atoms with E-state index in [1.807, 2.05) is 30.1 Å². The van der Waals surface area contributed by atoms with Crippen molar-refractivity contribution in [3.8, 4) is 0 Å². The summed E-state index contributed by atoms with van der Waals surface area (Å²) in [5.74, 6) is 0.352. The maximum absolute atomic E-state index is 14.0. The lowest BCUT2D eigenvalue weighted by Crippen LogP contribution is -2.44. The van der Waals surface area contributed by atoms with Gasteiger partial charge in [0, 0.05) is 38.9 Å². The van der Waals surface area contributed by atoms with Crippen molar-refractivity contribution in [3.05, 3.63) is 53.1 Å². The zero-order valence-corrected chi connectivity index (χ0v) is 19.3. The summed E-state index contributed by atoms with van der Waals surface area (Å²) in [5, 5.41) is 4.47. The van der Waals surface area contributed by atoms with Crippen LogP contribution in [0.15, 0.2) is 30.3 Å². The van der Waals surface area contributed by atoms with Crippen LogP contribution in [0.2, 0.25) is 0 Å². The molecule has 1 unspecified atom stereocenters. The van der Waals surface area contributed by atoms with Gasteiger partial charge in [-0.25, -0.2) is 4.39 Å². The van der Waals surface area contributed by atoms with Crippen molar-refractivity contribution >= 4 is 5.91 Å². The van der Waals surface area contributed by atoms with Crippen LogP contribution in [0, 0.1) is 11.7 Å². The highest BCUT2D eigenvalue weighted by Crippen LogP contribution is 2.23. The first-order chi connectivity index (χ1) is 15.5. The van der Waals surface area contributed by atoms with Gasteiger partial charge in [-0.15, -0.1) is 0 Å². The summed E-state index contributed by atoms with van der Waals surface area (Å²) < 4.78 is 21.6. The van der Waals surface area contributed by atoms with Crippen molar-refractivity contribution in [3.63, 3.8) is 0 Å². The van der Waals surface area contributed by atoms with Crippen molar-refractivity contribution in [2.75, 3.05) is 32.8 Å². The van der Waals surface area contributed by atoms with Crippen molar-refractivity contribution in [2.24, 2.45) is 13.0 Å². The molecule has 7 heteroatoms. The van der Waals surface area contributed by atoms with Crippen molar-refractivity contribution in [1.82, 2.24) is 19.6 Å². The van der Waals surface area contributed by atoms with E-state index in [2.05, 4.69) is 16.9 Å². The number of carbonyl (C=O) groups is 1. The molecule has 0 N–H and O–H groups in total. The van der Waals surface area contributed by atoms with Gasteiger partial charge in [0.25, 0.3) is 5.91 Å². The van der Waals surface area contributed by atoms with Gasteiger partial charge in [0.05, 0.1) is 11.8 Å². The quantitative estimate of drug-likeness (QED) is 0.626. The summed E-state index contributed by atoms with van der Waals surface area (Å²) in [7, 11) is 1.85. The van der Waals surface area contributed by atoms with Gasteiger partial charge in [0.2, 0.25) is 0 Å². The highest BCUT2D eigenvalue weighted by atomic mass is 19.1. The number of piperidine rings is 1. The summed E-state index contributed by atoms with van der Waals surface area (Å²) in [4.78, 5) is 17.8. The molecule has 0 aliphatic carbocycles. The number of aryl methyl sites for hydroxylation is 2. The summed E-state index contributed by atoms with van der Waals surface area (Å²) >= 11 is 0. The van der Waals surface area contributed by atoms with Gasteiger partial charge in [-0.2, -0.15) is 5.10 Å². The fourth-order valence-electron chi connectivity index (χ4n) is 4.84. The van der Waals surface area contributed by atoms with Crippen LogP contribution in [0.25, 0.3) is 0 Å². The molecular weight excluding hydrogens is 407 g/mol. The molecule has 0 bridgehead atoms. The molecule has 0 spiro atoms. The average molecular weight is 443 g/mol. The lowest BCUT2D eigenvalue weighted by atomic mass is 9.95. The molecule has 0 saturated carbocycles. The summed E-state index contributed by atoms with van der Waals surface area (Å²) in [6, 6.07) is 8.93. The fraction of sp³-hybridized carbons (Fsp3) is 0.600. The summed E-state index contributed by atoms with van der Waals surface area (Å²) in [6.07, 6.45) is 5.03. The van der Waals surface area contributed by atoms with Crippen molar-refractivity contribution in [2.45, 2.75) is 51.7 Å². The number of rotatable bonds is 8. The molecule has 6 nitrogen and oxygen atoms in total. The first kappa shape index (κ1) is 22.9. The van der Waals surface area contributed by atoms with Crippen molar-refractivity contribution < 1.29 is 13.9 Å². The van der Waals surface area contributed by atoms with E-state index in [-0.39, 0.29) is 17.8 Å². The largest absolute Gasteiger partial charge is 0.376 e. The van der Waals surface area contributed by atoms with Crippen molar-refractivity contribution in [1.29, 1.82) is 0 Å². The van der Waals surface area contributed by atoms with Gasteiger partial charge < -0.3 is 9.64 Å². The zero-order valence-electron chi connectivity index (χ0n) is 19.3. The number of amides is 1. The molecule has 3 heterocycles. The molecule has 2 aromatic rings. The molecule has 1 aromatic carbocycles. The number of nitrogens with zero attached hydrogens (tertiary/aromatic N) is 4. The second kappa shape index (κ2) is 10.6. The third-order valence-corrected chi connectivity index (χ3v) is 6.78. The van der Waals surface area contributed by atoms with Gasteiger partial charge in [-0.3, -0.25) is 14.4 Å². The van der Waals surface area contributed by atoms with Crippen LogP contribution < -0.4 is 0 Å². The molecule has 2 aliphatic rings. The van der Waals surface area contributed by atoms with Crippen LogP contribution in [-0.4, -0.2) is 64.4 Å². The fourth-order valence-corrected chi connectivity index (χ4v) is 4.84. The summed E-state index contributed by atoms with van der Waals surface area (Å²) in [6.45, 7) is 6.70. The molecule has 174 valence electrons. The maximum Gasteiger partial charge on any atom is 0.272 e. The Morgan fingerprint density at radius 2 is 2.00 bits per heavy atom. The number of benzene rings is 1. The van der Waals surface area contributed by atoms with E-state index in [4.69, 9.17) is 4.74 Å². The number of hydrogen-bond acceptors (Lipinski definition) is 4. The smallest absolute Gasteiger partial charge is 0.272 e. The van der Waals surface area contributed by atoms with E-state index < -0.39 is 0 Å². The monoisotopic (exact) mass is 442 g/mol.